The molecule has 0 atom stereocenters. The number of rotatable bonds is 4. The molecule has 0 spiro atoms. The number of hydrogen-bond donors (Lipinski definition) is 1. The second kappa shape index (κ2) is 9.74. The maximum absolute atomic E-state index is 11.8. The van der Waals surface area contributed by atoms with Crippen LogP contribution in [0.3, 0.4) is 0 Å². The third kappa shape index (κ3) is 5.11. The normalized spacial score (nSPS) is 14.2. The maximum Gasteiger partial charge on any atom is 0.225 e. The molecule has 0 saturated carbocycles. The molecule has 0 unspecified atom stereocenters. The van der Waals surface area contributed by atoms with Crippen molar-refractivity contribution in [2.75, 3.05) is 44.7 Å². The van der Waals surface area contributed by atoms with Gasteiger partial charge in [-0.3, -0.25) is 4.79 Å². The molecule has 1 fully saturated rings. The summed E-state index contributed by atoms with van der Waals surface area (Å²) in [4.78, 5) is 24.3. The Morgan fingerprint density at radius 1 is 1.20 bits per heavy atom. The summed E-state index contributed by atoms with van der Waals surface area (Å²) in [6, 6.07) is 1.81. The van der Waals surface area contributed by atoms with Gasteiger partial charge in [-0.25, -0.2) is 9.97 Å². The van der Waals surface area contributed by atoms with Crippen molar-refractivity contribution in [3.05, 3.63) is 18.5 Å². The number of amides is 1. The Labute approximate surface area is 131 Å². The first-order chi connectivity index (χ1) is 8.81. The van der Waals surface area contributed by atoms with E-state index in [2.05, 4.69) is 20.2 Å². The van der Waals surface area contributed by atoms with Gasteiger partial charge in [0.05, 0.1) is 0 Å². The number of aromatic nitrogens is 2. The van der Waals surface area contributed by atoms with E-state index in [0.717, 1.165) is 38.7 Å². The van der Waals surface area contributed by atoms with Crippen LogP contribution in [0.25, 0.3) is 0 Å². The van der Waals surface area contributed by atoms with E-state index >= 15 is 0 Å². The molecule has 0 bridgehead atoms. The van der Waals surface area contributed by atoms with Gasteiger partial charge in [0.25, 0.3) is 0 Å². The van der Waals surface area contributed by atoms with Crippen LogP contribution in [0.15, 0.2) is 18.5 Å². The van der Waals surface area contributed by atoms with E-state index in [9.17, 15) is 4.79 Å². The van der Waals surface area contributed by atoms with Crippen molar-refractivity contribution in [2.45, 2.75) is 6.42 Å². The summed E-state index contributed by atoms with van der Waals surface area (Å²) in [6.45, 7) is 3.84. The highest BCUT2D eigenvalue weighted by Crippen LogP contribution is 2.10. The van der Waals surface area contributed by atoms with E-state index in [1.54, 1.807) is 18.5 Å². The summed E-state index contributed by atoms with van der Waals surface area (Å²) in [5, 5.41) is 2.99. The molecule has 1 aliphatic rings. The summed E-state index contributed by atoms with van der Waals surface area (Å²) in [5.41, 5.74) is 0. The molecule has 1 amide bonds. The van der Waals surface area contributed by atoms with Crippen molar-refractivity contribution in [1.82, 2.24) is 20.2 Å². The Hall–Kier alpha value is -1.11. The monoisotopic (exact) mass is 321 g/mol. The van der Waals surface area contributed by atoms with E-state index < -0.39 is 0 Å². The summed E-state index contributed by atoms with van der Waals surface area (Å²) >= 11 is 0. The van der Waals surface area contributed by atoms with Crippen LogP contribution < -0.4 is 10.2 Å². The van der Waals surface area contributed by atoms with Crippen LogP contribution in [0.4, 0.5) is 5.95 Å². The fourth-order valence-corrected chi connectivity index (χ4v) is 2.00. The Kier molecular flexibility index (Phi) is 9.20. The molecular weight excluding hydrogens is 301 g/mol. The SMILES string of the molecule is CNCCC(=O)N1CCN(c2ncccn2)CC1.Cl.Cl. The Morgan fingerprint density at radius 3 is 2.35 bits per heavy atom. The van der Waals surface area contributed by atoms with Crippen molar-refractivity contribution in [3.8, 4) is 0 Å². The van der Waals surface area contributed by atoms with Crippen LogP contribution in [0.5, 0.6) is 0 Å². The van der Waals surface area contributed by atoms with Gasteiger partial charge >= 0.3 is 0 Å². The number of anilines is 1. The Balaban J connectivity index is 0.00000180. The van der Waals surface area contributed by atoms with Gasteiger partial charge in [0.2, 0.25) is 11.9 Å². The summed E-state index contributed by atoms with van der Waals surface area (Å²) in [6.07, 6.45) is 4.05. The molecule has 0 aliphatic carbocycles. The van der Waals surface area contributed by atoms with Crippen LogP contribution in [0, 0.1) is 0 Å². The van der Waals surface area contributed by atoms with Gasteiger partial charge in [0, 0.05) is 51.5 Å². The van der Waals surface area contributed by atoms with Crippen molar-refractivity contribution in [1.29, 1.82) is 0 Å². The first-order valence-electron chi connectivity index (χ1n) is 6.25. The molecule has 20 heavy (non-hydrogen) atoms. The van der Waals surface area contributed by atoms with Gasteiger partial charge in [0.1, 0.15) is 0 Å². The number of nitrogens with one attached hydrogen (secondary N) is 1. The Morgan fingerprint density at radius 2 is 1.80 bits per heavy atom. The summed E-state index contributed by atoms with van der Waals surface area (Å²) in [7, 11) is 1.86. The van der Waals surface area contributed by atoms with Crippen molar-refractivity contribution in [2.24, 2.45) is 0 Å². The summed E-state index contributed by atoms with van der Waals surface area (Å²) < 4.78 is 0. The molecule has 1 aromatic heterocycles. The molecule has 1 aromatic rings. The maximum atomic E-state index is 11.8. The number of hydrogen-bond acceptors (Lipinski definition) is 5. The van der Waals surface area contributed by atoms with Crippen molar-refractivity contribution in [3.63, 3.8) is 0 Å². The molecule has 114 valence electrons. The van der Waals surface area contributed by atoms with Crippen LogP contribution in [0.1, 0.15) is 6.42 Å². The minimum atomic E-state index is 0. The minimum Gasteiger partial charge on any atom is -0.339 e. The van der Waals surface area contributed by atoms with E-state index in [4.69, 9.17) is 0 Å². The highest BCUT2D eigenvalue weighted by atomic mass is 35.5. The zero-order valence-electron chi connectivity index (χ0n) is 11.5. The lowest BCUT2D eigenvalue weighted by molar-refractivity contribution is -0.131. The van der Waals surface area contributed by atoms with Gasteiger partial charge in [-0.1, -0.05) is 0 Å². The quantitative estimate of drug-likeness (QED) is 0.879. The highest BCUT2D eigenvalue weighted by Gasteiger charge is 2.21. The van der Waals surface area contributed by atoms with Crippen molar-refractivity contribution >= 4 is 36.7 Å². The van der Waals surface area contributed by atoms with Crippen LogP contribution >= 0.6 is 24.8 Å². The predicted molar refractivity (Wildman–Crippen MR) is 83.9 cm³/mol. The van der Waals surface area contributed by atoms with Crippen molar-refractivity contribution < 1.29 is 4.79 Å². The van der Waals surface area contributed by atoms with E-state index in [1.165, 1.54) is 0 Å². The molecule has 1 aliphatic heterocycles. The van der Waals surface area contributed by atoms with E-state index in [0.29, 0.717) is 6.42 Å². The lowest BCUT2D eigenvalue weighted by Gasteiger charge is -2.34. The zero-order chi connectivity index (χ0) is 12.8. The standard InChI is InChI=1S/C12H19N5O.2ClH/c1-13-6-3-11(18)16-7-9-17(10-8-16)12-14-4-2-5-15-12;;/h2,4-5,13H,3,6-10H2,1H3;2*1H. The van der Waals surface area contributed by atoms with Crippen LogP contribution in [-0.2, 0) is 4.79 Å². The zero-order valence-corrected chi connectivity index (χ0v) is 13.1. The third-order valence-corrected chi connectivity index (χ3v) is 3.06. The molecule has 8 heteroatoms. The molecule has 0 radical (unpaired) electrons. The second-order valence-electron chi connectivity index (χ2n) is 4.27. The predicted octanol–water partition coefficient (Wildman–Crippen LogP) is 0.578. The van der Waals surface area contributed by atoms with Gasteiger partial charge in [0.15, 0.2) is 0 Å². The molecule has 1 N–H and O–H groups in total. The van der Waals surface area contributed by atoms with Gasteiger partial charge < -0.3 is 15.1 Å². The van der Waals surface area contributed by atoms with E-state index in [-0.39, 0.29) is 30.7 Å². The summed E-state index contributed by atoms with van der Waals surface area (Å²) in [5.74, 6) is 0.970. The second-order valence-corrected chi connectivity index (χ2v) is 4.27. The fourth-order valence-electron chi connectivity index (χ4n) is 2.00. The molecule has 6 nitrogen and oxygen atoms in total. The lowest BCUT2D eigenvalue weighted by atomic mass is 10.3. The third-order valence-electron chi connectivity index (χ3n) is 3.06. The molecule has 2 rings (SSSR count). The average Bonchev–Trinajstić information content (AvgIpc) is 2.46. The number of halogens is 2. The molecule has 1 saturated heterocycles. The number of carbonyl (C=O) groups is 1. The smallest absolute Gasteiger partial charge is 0.225 e. The number of nitrogens with zero attached hydrogens (tertiary/aromatic N) is 4. The topological polar surface area (TPSA) is 61.4 Å². The van der Waals surface area contributed by atoms with Crippen LogP contribution in [0.2, 0.25) is 0 Å². The van der Waals surface area contributed by atoms with Gasteiger partial charge in [-0.15, -0.1) is 24.8 Å². The number of piperazine rings is 1. The first-order valence-corrected chi connectivity index (χ1v) is 6.25. The molecule has 2 heterocycles. The minimum absolute atomic E-state index is 0. The van der Waals surface area contributed by atoms with Gasteiger partial charge in [-0.05, 0) is 13.1 Å². The van der Waals surface area contributed by atoms with Crippen LogP contribution in [-0.4, -0.2) is 60.5 Å². The first kappa shape index (κ1) is 18.9. The fraction of sp³-hybridized carbons (Fsp3) is 0.583. The molecular formula is C12H21Cl2N5O. The molecule has 0 aromatic carbocycles. The highest BCUT2D eigenvalue weighted by molar-refractivity contribution is 5.85. The largest absolute Gasteiger partial charge is 0.339 e. The average molecular weight is 322 g/mol. The number of carbonyl (C=O) groups excluding carboxylic acids is 1. The Bertz CT molecular complexity index is 385. The van der Waals surface area contributed by atoms with Gasteiger partial charge in [-0.2, -0.15) is 0 Å². The lowest BCUT2D eigenvalue weighted by Crippen LogP contribution is -2.49. The van der Waals surface area contributed by atoms with E-state index in [1.807, 2.05) is 11.9 Å².